The van der Waals surface area contributed by atoms with Crippen molar-refractivity contribution in [1.82, 2.24) is 10.3 Å². The number of benzene rings is 1. The van der Waals surface area contributed by atoms with Gasteiger partial charge in [-0.1, -0.05) is 6.07 Å². The van der Waals surface area contributed by atoms with E-state index in [9.17, 15) is 23.1 Å². The van der Waals surface area contributed by atoms with Gasteiger partial charge in [-0.3, -0.25) is 4.79 Å². The predicted molar refractivity (Wildman–Crippen MR) is 94.8 cm³/mol. The maximum atomic E-state index is 13.0. The molecular weight excluding hydrogens is 375 g/mol. The van der Waals surface area contributed by atoms with Crippen LogP contribution < -0.4 is 15.8 Å². The van der Waals surface area contributed by atoms with E-state index in [-0.39, 0.29) is 35.8 Å². The van der Waals surface area contributed by atoms with Gasteiger partial charge in [0.15, 0.2) is 0 Å². The SMILES string of the molecule is NCc1cc(Oc2cccc(C(=O)NCC3(O)CCC3)c2)nc(C(F)(F)F)c1. The van der Waals surface area contributed by atoms with E-state index in [2.05, 4.69) is 10.3 Å². The van der Waals surface area contributed by atoms with E-state index in [1.807, 2.05) is 0 Å². The van der Waals surface area contributed by atoms with Crippen molar-refractivity contribution in [2.75, 3.05) is 6.54 Å². The van der Waals surface area contributed by atoms with Gasteiger partial charge in [-0.05, 0) is 49.1 Å². The van der Waals surface area contributed by atoms with Crippen molar-refractivity contribution in [3.05, 3.63) is 53.2 Å². The number of nitrogens with zero attached hydrogens (tertiary/aromatic N) is 1. The first-order valence-corrected chi connectivity index (χ1v) is 8.75. The minimum atomic E-state index is -4.63. The topological polar surface area (TPSA) is 97.5 Å². The number of aliphatic hydroxyl groups is 1. The molecule has 0 atom stereocenters. The van der Waals surface area contributed by atoms with Gasteiger partial charge < -0.3 is 20.9 Å². The van der Waals surface area contributed by atoms with E-state index < -0.39 is 23.4 Å². The summed E-state index contributed by atoms with van der Waals surface area (Å²) in [5.74, 6) is -0.521. The zero-order valence-corrected chi connectivity index (χ0v) is 14.9. The molecule has 1 saturated carbocycles. The average molecular weight is 395 g/mol. The minimum absolute atomic E-state index is 0.104. The summed E-state index contributed by atoms with van der Waals surface area (Å²) in [5.41, 5.74) is 3.97. The summed E-state index contributed by atoms with van der Waals surface area (Å²) >= 11 is 0. The lowest BCUT2D eigenvalue weighted by molar-refractivity contribution is -0.141. The summed E-state index contributed by atoms with van der Waals surface area (Å²) in [7, 11) is 0. The Morgan fingerprint density at radius 1 is 1.29 bits per heavy atom. The summed E-state index contributed by atoms with van der Waals surface area (Å²) in [5, 5.41) is 12.7. The summed E-state index contributed by atoms with van der Waals surface area (Å²) in [4.78, 5) is 15.7. The highest BCUT2D eigenvalue weighted by Crippen LogP contribution is 2.32. The molecule has 1 heterocycles. The van der Waals surface area contributed by atoms with Crippen LogP contribution >= 0.6 is 0 Å². The quantitative estimate of drug-likeness (QED) is 0.699. The summed E-state index contributed by atoms with van der Waals surface area (Å²) in [6, 6.07) is 8.15. The van der Waals surface area contributed by atoms with Crippen LogP contribution in [0.1, 0.15) is 40.9 Å². The first kappa shape index (κ1) is 20.1. The van der Waals surface area contributed by atoms with Gasteiger partial charge in [0, 0.05) is 24.7 Å². The van der Waals surface area contributed by atoms with Crippen molar-refractivity contribution in [3.63, 3.8) is 0 Å². The molecule has 1 aliphatic rings. The van der Waals surface area contributed by atoms with E-state index >= 15 is 0 Å². The van der Waals surface area contributed by atoms with Crippen LogP contribution in [0.15, 0.2) is 36.4 Å². The molecule has 150 valence electrons. The Labute approximate surface area is 159 Å². The Hall–Kier alpha value is -2.65. The molecule has 0 unspecified atom stereocenters. The maximum absolute atomic E-state index is 13.0. The van der Waals surface area contributed by atoms with E-state index in [0.717, 1.165) is 12.5 Å². The van der Waals surface area contributed by atoms with Crippen LogP contribution in [-0.2, 0) is 12.7 Å². The van der Waals surface area contributed by atoms with Gasteiger partial charge in [0.2, 0.25) is 5.88 Å². The van der Waals surface area contributed by atoms with Crippen LogP contribution in [0, 0.1) is 0 Å². The maximum Gasteiger partial charge on any atom is 0.433 e. The Morgan fingerprint density at radius 2 is 2.04 bits per heavy atom. The second-order valence-corrected chi connectivity index (χ2v) is 6.79. The summed E-state index contributed by atoms with van der Waals surface area (Å²) in [6.07, 6.45) is -2.43. The van der Waals surface area contributed by atoms with Crippen LogP contribution in [0.25, 0.3) is 0 Å². The van der Waals surface area contributed by atoms with E-state index in [1.54, 1.807) is 6.07 Å². The lowest BCUT2D eigenvalue weighted by atomic mass is 9.80. The van der Waals surface area contributed by atoms with Gasteiger partial charge in [-0.25, -0.2) is 4.98 Å². The molecule has 1 aliphatic carbocycles. The van der Waals surface area contributed by atoms with Crippen molar-refractivity contribution in [2.45, 2.75) is 37.6 Å². The molecule has 1 fully saturated rings. The Bertz CT molecular complexity index is 867. The third-order valence-electron chi connectivity index (χ3n) is 4.57. The van der Waals surface area contributed by atoms with Crippen molar-refractivity contribution >= 4 is 5.91 Å². The predicted octanol–water partition coefficient (Wildman–Crippen LogP) is 3.00. The number of nitrogens with two attached hydrogens (primary N) is 1. The van der Waals surface area contributed by atoms with Crippen LogP contribution in [0.2, 0.25) is 0 Å². The number of hydrogen-bond acceptors (Lipinski definition) is 5. The molecule has 28 heavy (non-hydrogen) atoms. The third kappa shape index (κ3) is 4.79. The lowest BCUT2D eigenvalue weighted by Gasteiger charge is -2.36. The number of rotatable bonds is 6. The Morgan fingerprint density at radius 3 is 2.64 bits per heavy atom. The molecule has 1 amide bonds. The van der Waals surface area contributed by atoms with Crippen molar-refractivity contribution in [1.29, 1.82) is 0 Å². The van der Waals surface area contributed by atoms with Crippen LogP contribution in [0.3, 0.4) is 0 Å². The number of amides is 1. The molecule has 1 aromatic carbocycles. The van der Waals surface area contributed by atoms with Gasteiger partial charge in [0.05, 0.1) is 5.60 Å². The minimum Gasteiger partial charge on any atom is -0.439 e. The van der Waals surface area contributed by atoms with Gasteiger partial charge >= 0.3 is 6.18 Å². The molecule has 0 spiro atoms. The molecule has 0 bridgehead atoms. The number of halogens is 3. The van der Waals surface area contributed by atoms with Crippen LogP contribution in [0.4, 0.5) is 13.2 Å². The molecular formula is C19H20F3N3O3. The molecule has 2 aromatic rings. The van der Waals surface area contributed by atoms with Gasteiger partial charge in [0.25, 0.3) is 5.91 Å². The number of carbonyl (C=O) groups is 1. The van der Waals surface area contributed by atoms with E-state index in [4.69, 9.17) is 10.5 Å². The second-order valence-electron chi connectivity index (χ2n) is 6.79. The Kier molecular flexibility index (Phi) is 5.57. The smallest absolute Gasteiger partial charge is 0.433 e. The van der Waals surface area contributed by atoms with Crippen LogP contribution in [-0.4, -0.2) is 28.1 Å². The number of hydrogen-bond donors (Lipinski definition) is 3. The fourth-order valence-electron chi connectivity index (χ4n) is 2.80. The van der Waals surface area contributed by atoms with Gasteiger partial charge in [-0.2, -0.15) is 13.2 Å². The first-order chi connectivity index (χ1) is 13.2. The van der Waals surface area contributed by atoms with E-state index in [0.29, 0.717) is 12.8 Å². The van der Waals surface area contributed by atoms with Gasteiger partial charge in [-0.15, -0.1) is 0 Å². The fraction of sp³-hybridized carbons (Fsp3) is 0.368. The highest BCUT2D eigenvalue weighted by atomic mass is 19.4. The molecule has 6 nitrogen and oxygen atoms in total. The number of nitrogens with one attached hydrogen (secondary N) is 1. The highest BCUT2D eigenvalue weighted by molar-refractivity contribution is 5.94. The molecule has 9 heteroatoms. The molecule has 0 radical (unpaired) electrons. The lowest BCUT2D eigenvalue weighted by Crippen LogP contribution is -2.47. The zero-order valence-electron chi connectivity index (χ0n) is 14.9. The molecule has 4 N–H and O–H groups in total. The number of pyridine rings is 1. The number of alkyl halides is 3. The third-order valence-corrected chi connectivity index (χ3v) is 4.57. The van der Waals surface area contributed by atoms with Crippen molar-refractivity contribution in [3.8, 4) is 11.6 Å². The number of ether oxygens (including phenoxy) is 1. The largest absolute Gasteiger partial charge is 0.439 e. The first-order valence-electron chi connectivity index (χ1n) is 8.75. The monoisotopic (exact) mass is 395 g/mol. The standard InChI is InChI=1S/C19H20F3N3O3/c20-19(21,22)15-7-12(10-23)8-16(25-15)28-14-4-1-3-13(9-14)17(26)24-11-18(27)5-2-6-18/h1,3-4,7-9,27H,2,5-6,10-11,23H2,(H,24,26). The van der Waals surface area contributed by atoms with Gasteiger partial charge in [0.1, 0.15) is 11.4 Å². The van der Waals surface area contributed by atoms with Crippen LogP contribution in [0.5, 0.6) is 11.6 Å². The summed E-state index contributed by atoms with van der Waals surface area (Å²) < 4.78 is 44.4. The van der Waals surface area contributed by atoms with Crippen molar-refractivity contribution < 1.29 is 27.8 Å². The van der Waals surface area contributed by atoms with Crippen molar-refractivity contribution in [2.24, 2.45) is 5.73 Å². The molecule has 0 saturated heterocycles. The zero-order chi connectivity index (χ0) is 20.4. The number of carbonyl (C=O) groups excluding carboxylic acids is 1. The summed E-state index contributed by atoms with van der Waals surface area (Å²) in [6.45, 7) is 0.0409. The normalized spacial score (nSPS) is 15.6. The average Bonchev–Trinajstić information content (AvgIpc) is 2.63. The fourth-order valence-corrected chi connectivity index (χ4v) is 2.80. The van der Waals surface area contributed by atoms with E-state index in [1.165, 1.54) is 24.3 Å². The molecule has 1 aromatic heterocycles. The molecule has 0 aliphatic heterocycles. The second kappa shape index (κ2) is 7.76. The molecule has 3 rings (SSSR count). The Balaban J connectivity index is 1.74. The number of aromatic nitrogens is 1. The highest BCUT2D eigenvalue weighted by Gasteiger charge is 2.35.